The maximum absolute atomic E-state index is 11.7. The molecule has 4 aliphatic carbocycles. The van der Waals surface area contributed by atoms with E-state index in [1.165, 1.54) is 20.8 Å². The van der Waals surface area contributed by atoms with Crippen LogP contribution in [0.25, 0.3) is 10.2 Å². The van der Waals surface area contributed by atoms with Crippen molar-refractivity contribution in [3.8, 4) is 11.5 Å². The van der Waals surface area contributed by atoms with Crippen molar-refractivity contribution in [2.24, 2.45) is 5.92 Å². The predicted octanol–water partition coefficient (Wildman–Crippen LogP) is 5.13. The van der Waals surface area contributed by atoms with Gasteiger partial charge in [-0.05, 0) is 53.8 Å². The van der Waals surface area contributed by atoms with Crippen molar-refractivity contribution in [3.05, 3.63) is 76.4 Å². The van der Waals surface area contributed by atoms with Gasteiger partial charge in [-0.1, -0.05) is 18.2 Å². The number of carbonyl (C=O) groups is 1. The number of fused-ring (bicyclic) bond motifs is 2. The number of amides is 1. The normalized spacial score (nSPS) is 28.5. The smallest absolute Gasteiger partial charge is 0.225 e. The second kappa shape index (κ2) is 5.32. The number of benzene rings is 2. The third-order valence-corrected chi connectivity index (χ3v) is 8.78. The Bertz CT molecular complexity index is 1430. The number of hydrogen-bond acceptors (Lipinski definition) is 5. The van der Waals surface area contributed by atoms with Gasteiger partial charge in [-0.15, -0.1) is 11.3 Å². The van der Waals surface area contributed by atoms with Crippen LogP contribution in [0.1, 0.15) is 40.0 Å². The molecular weight excluding hydrogens is 406 g/mol. The van der Waals surface area contributed by atoms with Crippen molar-refractivity contribution in [1.29, 1.82) is 0 Å². The van der Waals surface area contributed by atoms with Crippen molar-refractivity contribution >= 4 is 33.3 Å². The first kappa shape index (κ1) is 16.4. The zero-order chi connectivity index (χ0) is 20.3. The number of rotatable bonds is 3. The molecule has 6 heteroatoms. The van der Waals surface area contributed by atoms with Crippen LogP contribution in [0.2, 0.25) is 0 Å². The molecule has 5 aliphatic rings. The molecule has 4 atom stereocenters. The van der Waals surface area contributed by atoms with E-state index in [9.17, 15) is 4.79 Å². The molecular formula is C25H17N3O2S. The fourth-order valence-electron chi connectivity index (χ4n) is 6.15. The van der Waals surface area contributed by atoms with Gasteiger partial charge in [-0.2, -0.15) is 0 Å². The SMILES string of the molecule is O=C1CCc2c(Oc3ccc4c(c3)C3C5C4C35c3nc4ccccc4s3)ccnc2N1. The first-order valence-corrected chi connectivity index (χ1v) is 11.5. The minimum Gasteiger partial charge on any atom is -0.457 e. The molecule has 31 heavy (non-hydrogen) atoms. The zero-order valence-corrected chi connectivity index (χ0v) is 17.3. The van der Waals surface area contributed by atoms with Gasteiger partial charge in [-0.3, -0.25) is 4.79 Å². The Balaban J connectivity index is 1.13. The highest BCUT2D eigenvalue weighted by atomic mass is 32.1. The molecule has 4 aromatic rings. The molecule has 1 aliphatic heterocycles. The van der Waals surface area contributed by atoms with Crippen LogP contribution in [0.3, 0.4) is 0 Å². The summed E-state index contributed by atoms with van der Waals surface area (Å²) in [5, 5.41) is 4.15. The molecule has 9 rings (SSSR count). The maximum Gasteiger partial charge on any atom is 0.225 e. The molecule has 3 heterocycles. The lowest BCUT2D eigenvalue weighted by Crippen LogP contribution is -2.20. The van der Waals surface area contributed by atoms with Crippen molar-refractivity contribution in [2.75, 3.05) is 5.32 Å². The summed E-state index contributed by atoms with van der Waals surface area (Å²) in [6, 6.07) is 16.9. The summed E-state index contributed by atoms with van der Waals surface area (Å²) in [5.74, 6) is 4.21. The van der Waals surface area contributed by atoms with Gasteiger partial charge in [0, 0.05) is 35.4 Å². The molecule has 150 valence electrons. The van der Waals surface area contributed by atoms with E-state index in [-0.39, 0.29) is 11.3 Å². The van der Waals surface area contributed by atoms with Gasteiger partial charge >= 0.3 is 0 Å². The van der Waals surface area contributed by atoms with Gasteiger partial charge in [0.2, 0.25) is 5.91 Å². The number of pyridine rings is 1. The summed E-state index contributed by atoms with van der Waals surface area (Å²) < 4.78 is 7.58. The molecule has 2 fully saturated rings. The number of carbonyl (C=O) groups excluding carboxylic acids is 1. The standard InChI is InChI=1S/C25H17N3O2S/c29-19-8-7-14-17(9-10-26-23(14)28-19)30-12-5-6-13-15(11-12)21-22-20(13)25(21,22)24-27-16-3-1-2-4-18(16)31-24/h1-6,9-11,20-22H,7-8H2,(H,26,28,29). The van der Waals surface area contributed by atoms with Gasteiger partial charge in [0.05, 0.1) is 10.2 Å². The number of nitrogens with one attached hydrogen (secondary N) is 1. The molecule has 2 saturated carbocycles. The Labute approximate surface area is 182 Å². The van der Waals surface area contributed by atoms with Crippen LogP contribution in [0, 0.1) is 5.92 Å². The van der Waals surface area contributed by atoms with Crippen LogP contribution in [0.5, 0.6) is 11.5 Å². The number of nitrogens with zero attached hydrogens (tertiary/aromatic N) is 2. The van der Waals surface area contributed by atoms with Gasteiger partial charge in [0.25, 0.3) is 0 Å². The highest BCUT2D eigenvalue weighted by molar-refractivity contribution is 7.18. The summed E-state index contributed by atoms with van der Waals surface area (Å²) in [6.45, 7) is 0. The first-order chi connectivity index (χ1) is 15.2. The Hall–Kier alpha value is -3.25. The second-order valence-electron chi connectivity index (χ2n) is 8.98. The van der Waals surface area contributed by atoms with Crippen molar-refractivity contribution in [2.45, 2.75) is 30.1 Å². The van der Waals surface area contributed by atoms with Gasteiger partial charge < -0.3 is 10.1 Å². The molecule has 5 nitrogen and oxygen atoms in total. The highest BCUT2D eigenvalue weighted by Crippen LogP contribution is 2.96. The van der Waals surface area contributed by atoms with E-state index in [1.807, 2.05) is 17.4 Å². The Morgan fingerprint density at radius 2 is 1.97 bits per heavy atom. The number of anilines is 1. The lowest BCUT2D eigenvalue weighted by molar-refractivity contribution is -0.116. The lowest BCUT2D eigenvalue weighted by Gasteiger charge is -2.19. The van der Waals surface area contributed by atoms with Gasteiger partial charge in [0.15, 0.2) is 0 Å². The molecule has 4 unspecified atom stereocenters. The summed E-state index contributed by atoms with van der Waals surface area (Å²) in [7, 11) is 0. The molecule has 2 bridgehead atoms. The number of thiazole rings is 1. The maximum atomic E-state index is 11.7. The largest absolute Gasteiger partial charge is 0.457 e. The van der Waals surface area contributed by atoms with Crippen LogP contribution in [-0.4, -0.2) is 15.9 Å². The summed E-state index contributed by atoms with van der Waals surface area (Å²) in [6.07, 6.45) is 2.81. The molecule has 1 amide bonds. The quantitative estimate of drug-likeness (QED) is 0.496. The number of ether oxygens (including phenoxy) is 1. The third-order valence-electron chi connectivity index (χ3n) is 7.57. The molecule has 2 aromatic carbocycles. The molecule has 2 aromatic heterocycles. The fourth-order valence-corrected chi connectivity index (χ4v) is 7.44. The van der Waals surface area contributed by atoms with Gasteiger partial charge in [0.1, 0.15) is 22.3 Å². The van der Waals surface area contributed by atoms with Crippen molar-refractivity contribution in [3.63, 3.8) is 0 Å². The topological polar surface area (TPSA) is 64.1 Å². The van der Waals surface area contributed by atoms with E-state index in [1.54, 1.807) is 6.20 Å². The van der Waals surface area contributed by atoms with E-state index in [2.05, 4.69) is 52.8 Å². The summed E-state index contributed by atoms with van der Waals surface area (Å²) in [5.41, 5.74) is 5.26. The van der Waals surface area contributed by atoms with E-state index in [0.29, 0.717) is 30.5 Å². The Morgan fingerprint density at radius 3 is 2.90 bits per heavy atom. The number of aromatic nitrogens is 2. The first-order valence-electron chi connectivity index (χ1n) is 10.7. The van der Waals surface area contributed by atoms with Crippen LogP contribution in [0.4, 0.5) is 5.82 Å². The van der Waals surface area contributed by atoms with Crippen molar-refractivity contribution < 1.29 is 9.53 Å². The van der Waals surface area contributed by atoms with Crippen LogP contribution in [0.15, 0.2) is 54.7 Å². The zero-order valence-electron chi connectivity index (χ0n) is 16.5. The second-order valence-corrected chi connectivity index (χ2v) is 10.0. The number of para-hydroxylation sites is 1. The summed E-state index contributed by atoms with van der Waals surface area (Å²) >= 11 is 1.87. The molecule has 0 saturated heterocycles. The fraction of sp³-hybridized carbons (Fsp3) is 0.240. The van der Waals surface area contributed by atoms with E-state index >= 15 is 0 Å². The minimum atomic E-state index is 0.0116. The Kier molecular flexibility index (Phi) is 2.82. The van der Waals surface area contributed by atoms with Crippen molar-refractivity contribution in [1.82, 2.24) is 9.97 Å². The van der Waals surface area contributed by atoms with Crippen LogP contribution < -0.4 is 10.1 Å². The Morgan fingerprint density at radius 1 is 1.06 bits per heavy atom. The van der Waals surface area contributed by atoms with E-state index in [4.69, 9.17) is 9.72 Å². The third kappa shape index (κ3) is 1.95. The average Bonchev–Trinajstić information content (AvgIpc) is 3.43. The monoisotopic (exact) mass is 423 g/mol. The molecule has 0 spiro atoms. The van der Waals surface area contributed by atoms with Crippen LogP contribution >= 0.6 is 11.3 Å². The van der Waals surface area contributed by atoms with Crippen LogP contribution in [-0.2, 0) is 16.6 Å². The molecule has 1 N–H and O–H groups in total. The average molecular weight is 423 g/mol. The number of hydrogen-bond donors (Lipinski definition) is 1. The predicted molar refractivity (Wildman–Crippen MR) is 118 cm³/mol. The molecule has 0 radical (unpaired) electrons. The van der Waals surface area contributed by atoms with Gasteiger partial charge in [-0.25, -0.2) is 9.97 Å². The lowest BCUT2D eigenvalue weighted by atomic mass is 10.0. The van der Waals surface area contributed by atoms with E-state index < -0.39 is 0 Å². The highest BCUT2D eigenvalue weighted by Gasteiger charge is 2.92. The summed E-state index contributed by atoms with van der Waals surface area (Å²) in [4.78, 5) is 21.0. The minimum absolute atomic E-state index is 0.0116. The van der Waals surface area contributed by atoms with E-state index in [0.717, 1.165) is 28.5 Å².